The smallest absolute Gasteiger partial charge is 0.410 e. The molecule has 0 aliphatic carbocycles. The van der Waals surface area contributed by atoms with Crippen molar-refractivity contribution in [2.75, 3.05) is 19.6 Å². The van der Waals surface area contributed by atoms with Gasteiger partial charge in [0.1, 0.15) is 5.60 Å². The van der Waals surface area contributed by atoms with Gasteiger partial charge in [-0.3, -0.25) is 4.68 Å². The van der Waals surface area contributed by atoms with Gasteiger partial charge in [0.2, 0.25) is 0 Å². The largest absolute Gasteiger partial charge is 0.444 e. The van der Waals surface area contributed by atoms with Crippen LogP contribution in [0.3, 0.4) is 0 Å². The molecule has 2 N–H and O–H groups in total. The van der Waals surface area contributed by atoms with E-state index in [0.717, 1.165) is 18.5 Å². The van der Waals surface area contributed by atoms with Crippen LogP contribution in [0.25, 0.3) is 0 Å². The summed E-state index contributed by atoms with van der Waals surface area (Å²) in [6, 6.07) is 0.226. The third-order valence-electron chi connectivity index (χ3n) is 3.72. The van der Waals surface area contributed by atoms with Crippen molar-refractivity contribution in [2.45, 2.75) is 52.2 Å². The van der Waals surface area contributed by atoms with E-state index in [9.17, 15) is 4.79 Å². The number of carbonyl (C=O) groups is 1. The minimum absolute atomic E-state index is 0.226. The molecule has 0 saturated carbocycles. The molecule has 2 heterocycles. The summed E-state index contributed by atoms with van der Waals surface area (Å²) in [5, 5.41) is 4.47. The predicted octanol–water partition coefficient (Wildman–Crippen LogP) is 1.87. The summed E-state index contributed by atoms with van der Waals surface area (Å²) in [4.78, 5) is 13.9. The molecule has 2 rings (SSSR count). The van der Waals surface area contributed by atoms with E-state index in [1.54, 1.807) is 4.90 Å². The van der Waals surface area contributed by atoms with Crippen molar-refractivity contribution in [1.29, 1.82) is 0 Å². The highest BCUT2D eigenvalue weighted by atomic mass is 16.6. The lowest BCUT2D eigenvalue weighted by atomic mass is 10.2. The molecule has 0 bridgehead atoms. The Morgan fingerprint density at radius 3 is 2.86 bits per heavy atom. The van der Waals surface area contributed by atoms with E-state index in [0.29, 0.717) is 19.6 Å². The lowest BCUT2D eigenvalue weighted by molar-refractivity contribution is 0.0288. The molecule has 1 amide bonds. The van der Waals surface area contributed by atoms with Gasteiger partial charge >= 0.3 is 6.09 Å². The van der Waals surface area contributed by atoms with Gasteiger partial charge in [-0.1, -0.05) is 0 Å². The van der Waals surface area contributed by atoms with Crippen molar-refractivity contribution in [1.82, 2.24) is 14.7 Å². The van der Waals surface area contributed by atoms with Crippen molar-refractivity contribution >= 4 is 6.09 Å². The molecule has 6 heteroatoms. The second-order valence-corrected chi connectivity index (χ2v) is 6.61. The Morgan fingerprint density at radius 2 is 2.24 bits per heavy atom. The van der Waals surface area contributed by atoms with Crippen LogP contribution >= 0.6 is 0 Å². The highest BCUT2D eigenvalue weighted by molar-refractivity contribution is 5.68. The van der Waals surface area contributed by atoms with E-state index in [1.807, 2.05) is 31.6 Å². The number of aromatic nitrogens is 2. The summed E-state index contributed by atoms with van der Waals surface area (Å²) < 4.78 is 7.44. The normalized spacial score (nSPS) is 19.1. The SMILES string of the molecule is Cc1c(CCN)cnn1C1CCN(C(=O)OC(C)(C)C)C1. The summed E-state index contributed by atoms with van der Waals surface area (Å²) in [5.41, 5.74) is 7.49. The Kier molecular flexibility index (Phi) is 4.56. The van der Waals surface area contributed by atoms with E-state index in [1.165, 1.54) is 5.56 Å². The Labute approximate surface area is 126 Å². The minimum Gasteiger partial charge on any atom is -0.444 e. The molecule has 1 unspecified atom stereocenters. The molecule has 0 spiro atoms. The van der Waals surface area contributed by atoms with Gasteiger partial charge in [0, 0.05) is 18.8 Å². The predicted molar refractivity (Wildman–Crippen MR) is 81.2 cm³/mol. The molecule has 118 valence electrons. The van der Waals surface area contributed by atoms with E-state index >= 15 is 0 Å². The molecule has 1 fully saturated rings. The molecule has 0 radical (unpaired) electrons. The Hall–Kier alpha value is -1.56. The van der Waals surface area contributed by atoms with E-state index in [2.05, 4.69) is 12.0 Å². The lowest BCUT2D eigenvalue weighted by Crippen LogP contribution is -2.35. The fourth-order valence-corrected chi connectivity index (χ4v) is 2.66. The average Bonchev–Trinajstić information content (AvgIpc) is 2.96. The van der Waals surface area contributed by atoms with E-state index in [4.69, 9.17) is 10.5 Å². The zero-order valence-electron chi connectivity index (χ0n) is 13.4. The van der Waals surface area contributed by atoms with Crippen molar-refractivity contribution in [2.24, 2.45) is 5.73 Å². The molecule has 6 nitrogen and oxygen atoms in total. The molecule has 1 aliphatic heterocycles. The molecular weight excluding hydrogens is 268 g/mol. The third-order valence-corrected chi connectivity index (χ3v) is 3.72. The summed E-state index contributed by atoms with van der Waals surface area (Å²) >= 11 is 0. The number of hydrogen-bond acceptors (Lipinski definition) is 4. The van der Waals surface area contributed by atoms with Gasteiger partial charge in [-0.15, -0.1) is 0 Å². The lowest BCUT2D eigenvalue weighted by Gasteiger charge is -2.24. The Bertz CT molecular complexity index is 504. The first-order valence-corrected chi connectivity index (χ1v) is 7.53. The number of hydrogen-bond donors (Lipinski definition) is 1. The van der Waals surface area contributed by atoms with Crippen molar-refractivity contribution < 1.29 is 9.53 Å². The van der Waals surface area contributed by atoms with Crippen LogP contribution in [0, 0.1) is 6.92 Å². The topological polar surface area (TPSA) is 73.4 Å². The Balaban J connectivity index is 2.01. The van der Waals surface area contributed by atoms with Gasteiger partial charge < -0.3 is 15.4 Å². The van der Waals surface area contributed by atoms with Crippen LogP contribution < -0.4 is 5.73 Å². The number of likely N-dealkylation sites (tertiary alicyclic amines) is 1. The number of rotatable bonds is 3. The number of nitrogens with zero attached hydrogens (tertiary/aromatic N) is 3. The average molecular weight is 294 g/mol. The first-order chi connectivity index (χ1) is 9.81. The molecule has 0 aromatic carbocycles. The van der Waals surface area contributed by atoms with Crippen molar-refractivity contribution in [3.63, 3.8) is 0 Å². The van der Waals surface area contributed by atoms with Crippen LogP contribution in [0.4, 0.5) is 4.79 Å². The first kappa shape index (κ1) is 15.8. The molecule has 1 atom stereocenters. The zero-order valence-corrected chi connectivity index (χ0v) is 13.4. The second-order valence-electron chi connectivity index (χ2n) is 6.61. The standard InChI is InChI=1S/C15H26N4O2/c1-11-12(5-7-16)9-17-19(11)13-6-8-18(10-13)14(20)21-15(2,3)4/h9,13H,5-8,10,16H2,1-4H3. The highest BCUT2D eigenvalue weighted by Gasteiger charge is 2.31. The third kappa shape index (κ3) is 3.75. The molecular formula is C15H26N4O2. The summed E-state index contributed by atoms with van der Waals surface area (Å²) in [5.74, 6) is 0. The monoisotopic (exact) mass is 294 g/mol. The van der Waals surface area contributed by atoms with Crippen LogP contribution in [-0.2, 0) is 11.2 Å². The molecule has 1 aromatic heterocycles. The highest BCUT2D eigenvalue weighted by Crippen LogP contribution is 2.25. The Morgan fingerprint density at radius 1 is 1.52 bits per heavy atom. The van der Waals surface area contributed by atoms with Crippen molar-refractivity contribution in [3.8, 4) is 0 Å². The van der Waals surface area contributed by atoms with E-state index in [-0.39, 0.29) is 12.1 Å². The maximum absolute atomic E-state index is 12.1. The fourth-order valence-electron chi connectivity index (χ4n) is 2.66. The maximum atomic E-state index is 12.1. The molecule has 1 aromatic rings. The van der Waals surface area contributed by atoms with Gasteiger partial charge in [-0.25, -0.2) is 4.79 Å². The van der Waals surface area contributed by atoms with E-state index < -0.39 is 5.60 Å². The number of carbonyl (C=O) groups excluding carboxylic acids is 1. The summed E-state index contributed by atoms with van der Waals surface area (Å²) in [6.07, 6.45) is 3.40. The van der Waals surface area contributed by atoms with Crippen LogP contribution in [-0.4, -0.2) is 46.0 Å². The van der Waals surface area contributed by atoms with Gasteiger partial charge in [0.05, 0.1) is 12.2 Å². The van der Waals surface area contributed by atoms with Gasteiger partial charge in [-0.2, -0.15) is 5.10 Å². The quantitative estimate of drug-likeness (QED) is 0.923. The van der Waals surface area contributed by atoms with Crippen LogP contribution in [0.15, 0.2) is 6.20 Å². The summed E-state index contributed by atoms with van der Waals surface area (Å²) in [6.45, 7) is 9.71. The zero-order chi connectivity index (χ0) is 15.6. The van der Waals surface area contributed by atoms with Crippen LogP contribution in [0.1, 0.15) is 44.5 Å². The van der Waals surface area contributed by atoms with Crippen LogP contribution in [0.2, 0.25) is 0 Å². The fraction of sp³-hybridized carbons (Fsp3) is 0.733. The molecule has 1 aliphatic rings. The number of ether oxygens (including phenoxy) is 1. The van der Waals surface area contributed by atoms with Crippen LogP contribution in [0.5, 0.6) is 0 Å². The second kappa shape index (κ2) is 6.05. The maximum Gasteiger partial charge on any atom is 0.410 e. The molecule has 21 heavy (non-hydrogen) atoms. The number of nitrogens with two attached hydrogens (primary N) is 1. The van der Waals surface area contributed by atoms with Crippen molar-refractivity contribution in [3.05, 3.63) is 17.5 Å². The first-order valence-electron chi connectivity index (χ1n) is 7.53. The molecule has 1 saturated heterocycles. The minimum atomic E-state index is -0.453. The van der Waals surface area contributed by atoms with Gasteiger partial charge in [-0.05, 0) is 52.6 Å². The number of amides is 1. The summed E-state index contributed by atoms with van der Waals surface area (Å²) in [7, 11) is 0. The van der Waals surface area contributed by atoms with Gasteiger partial charge in [0.25, 0.3) is 0 Å². The van der Waals surface area contributed by atoms with Gasteiger partial charge in [0.15, 0.2) is 0 Å².